The summed E-state index contributed by atoms with van der Waals surface area (Å²) in [6.45, 7) is 3.01. The standard InChI is InChI=1S/C14H18N6.ClH/c1-10-9-12(20-14-16-7-4-8-17-14)19-13(18-10)11-5-2-3-6-15-11;/h4,7-9,11,15H,2-3,5-6H2,1H3,(H,16,17,18,19,20);1H. The van der Waals surface area contributed by atoms with E-state index in [0.29, 0.717) is 5.95 Å². The molecule has 0 saturated carbocycles. The van der Waals surface area contributed by atoms with Crippen LogP contribution in [-0.4, -0.2) is 26.5 Å². The molecule has 3 rings (SSSR count). The Morgan fingerprint density at radius 1 is 1.19 bits per heavy atom. The Morgan fingerprint density at radius 3 is 2.71 bits per heavy atom. The highest BCUT2D eigenvalue weighted by Gasteiger charge is 2.18. The van der Waals surface area contributed by atoms with Crippen molar-refractivity contribution in [2.24, 2.45) is 0 Å². The van der Waals surface area contributed by atoms with Gasteiger partial charge in [-0.1, -0.05) is 6.42 Å². The molecule has 21 heavy (non-hydrogen) atoms. The van der Waals surface area contributed by atoms with Crippen LogP contribution in [0.2, 0.25) is 0 Å². The van der Waals surface area contributed by atoms with Crippen molar-refractivity contribution >= 4 is 24.2 Å². The molecule has 112 valence electrons. The fourth-order valence-corrected chi connectivity index (χ4v) is 2.36. The van der Waals surface area contributed by atoms with Crippen molar-refractivity contribution < 1.29 is 0 Å². The van der Waals surface area contributed by atoms with Gasteiger partial charge in [0.1, 0.15) is 11.6 Å². The van der Waals surface area contributed by atoms with Gasteiger partial charge < -0.3 is 10.6 Å². The SMILES string of the molecule is Cc1cc(Nc2ncccn2)nc(C2CCCCN2)n1.Cl. The summed E-state index contributed by atoms with van der Waals surface area (Å²) in [7, 11) is 0. The van der Waals surface area contributed by atoms with E-state index in [4.69, 9.17) is 0 Å². The van der Waals surface area contributed by atoms with Crippen LogP contribution in [0.4, 0.5) is 11.8 Å². The summed E-state index contributed by atoms with van der Waals surface area (Å²) in [4.78, 5) is 17.4. The van der Waals surface area contributed by atoms with E-state index in [0.717, 1.165) is 30.3 Å². The normalized spacial score (nSPS) is 17.9. The molecule has 1 saturated heterocycles. The lowest BCUT2D eigenvalue weighted by molar-refractivity contribution is 0.397. The Balaban J connectivity index is 0.00000161. The second-order valence-electron chi connectivity index (χ2n) is 4.95. The Kier molecular flexibility index (Phi) is 5.41. The van der Waals surface area contributed by atoms with Crippen LogP contribution in [-0.2, 0) is 0 Å². The number of hydrogen-bond acceptors (Lipinski definition) is 6. The average Bonchev–Trinajstić information content (AvgIpc) is 2.49. The van der Waals surface area contributed by atoms with Crippen molar-refractivity contribution in [2.75, 3.05) is 11.9 Å². The van der Waals surface area contributed by atoms with E-state index in [1.807, 2.05) is 13.0 Å². The highest BCUT2D eigenvalue weighted by Crippen LogP contribution is 2.22. The smallest absolute Gasteiger partial charge is 0.228 e. The highest BCUT2D eigenvalue weighted by atomic mass is 35.5. The fourth-order valence-electron chi connectivity index (χ4n) is 2.36. The topological polar surface area (TPSA) is 75.6 Å². The largest absolute Gasteiger partial charge is 0.309 e. The zero-order valence-corrected chi connectivity index (χ0v) is 12.7. The van der Waals surface area contributed by atoms with Crippen molar-refractivity contribution in [2.45, 2.75) is 32.2 Å². The van der Waals surface area contributed by atoms with Gasteiger partial charge in [0, 0.05) is 24.2 Å². The number of anilines is 2. The molecular formula is C14H19ClN6. The van der Waals surface area contributed by atoms with Gasteiger partial charge in [-0.3, -0.25) is 0 Å². The molecule has 0 spiro atoms. The van der Waals surface area contributed by atoms with Gasteiger partial charge in [0.2, 0.25) is 5.95 Å². The molecule has 1 aliphatic heterocycles. The molecule has 1 aliphatic rings. The molecule has 0 bridgehead atoms. The summed E-state index contributed by atoms with van der Waals surface area (Å²) in [5.74, 6) is 2.14. The number of hydrogen-bond donors (Lipinski definition) is 2. The summed E-state index contributed by atoms with van der Waals surface area (Å²) in [5, 5.41) is 6.59. The van der Waals surface area contributed by atoms with E-state index in [-0.39, 0.29) is 18.4 Å². The van der Waals surface area contributed by atoms with E-state index >= 15 is 0 Å². The summed E-state index contributed by atoms with van der Waals surface area (Å²) in [6.07, 6.45) is 6.94. The third kappa shape index (κ3) is 4.09. The molecule has 1 unspecified atom stereocenters. The molecule has 6 nitrogen and oxygen atoms in total. The minimum absolute atomic E-state index is 0. The van der Waals surface area contributed by atoms with E-state index in [1.165, 1.54) is 12.8 Å². The minimum atomic E-state index is 0. The molecule has 0 amide bonds. The van der Waals surface area contributed by atoms with Gasteiger partial charge >= 0.3 is 0 Å². The van der Waals surface area contributed by atoms with Crippen LogP contribution in [0.15, 0.2) is 24.5 Å². The van der Waals surface area contributed by atoms with E-state index in [2.05, 4.69) is 30.6 Å². The fraction of sp³-hybridized carbons (Fsp3) is 0.429. The highest BCUT2D eigenvalue weighted by molar-refractivity contribution is 5.85. The van der Waals surface area contributed by atoms with E-state index < -0.39 is 0 Å². The van der Waals surface area contributed by atoms with Gasteiger partial charge in [0.05, 0.1) is 6.04 Å². The maximum atomic E-state index is 4.59. The number of aryl methyl sites for hydroxylation is 1. The van der Waals surface area contributed by atoms with Crippen molar-refractivity contribution in [1.29, 1.82) is 0 Å². The predicted molar refractivity (Wildman–Crippen MR) is 83.9 cm³/mol. The Hall–Kier alpha value is -1.79. The Morgan fingerprint density at radius 2 is 2.00 bits per heavy atom. The summed E-state index contributed by atoms with van der Waals surface area (Å²) in [6, 6.07) is 3.94. The predicted octanol–water partition coefficient (Wildman–Crippen LogP) is 2.56. The van der Waals surface area contributed by atoms with Crippen LogP contribution in [0.3, 0.4) is 0 Å². The molecule has 0 radical (unpaired) electrons. The van der Waals surface area contributed by atoms with Gasteiger partial charge in [-0.2, -0.15) is 0 Å². The lowest BCUT2D eigenvalue weighted by atomic mass is 10.0. The van der Waals surface area contributed by atoms with Crippen molar-refractivity contribution in [3.8, 4) is 0 Å². The van der Waals surface area contributed by atoms with Crippen LogP contribution in [0.1, 0.15) is 36.8 Å². The first-order valence-corrected chi connectivity index (χ1v) is 6.94. The van der Waals surface area contributed by atoms with Crippen molar-refractivity contribution in [1.82, 2.24) is 25.3 Å². The third-order valence-electron chi connectivity index (χ3n) is 3.30. The molecule has 0 aromatic carbocycles. The number of nitrogens with one attached hydrogen (secondary N) is 2. The van der Waals surface area contributed by atoms with Crippen molar-refractivity contribution in [3.05, 3.63) is 36.0 Å². The summed E-state index contributed by atoms with van der Waals surface area (Å²) in [5.41, 5.74) is 0.945. The number of nitrogens with zero attached hydrogens (tertiary/aromatic N) is 4. The number of rotatable bonds is 3. The minimum Gasteiger partial charge on any atom is -0.309 e. The maximum absolute atomic E-state index is 4.59. The summed E-state index contributed by atoms with van der Waals surface area (Å²) >= 11 is 0. The molecule has 1 fully saturated rings. The van der Waals surface area contributed by atoms with Crippen LogP contribution in [0.5, 0.6) is 0 Å². The second kappa shape index (κ2) is 7.28. The van der Waals surface area contributed by atoms with Gasteiger partial charge in [-0.25, -0.2) is 19.9 Å². The molecule has 1 atom stereocenters. The van der Waals surface area contributed by atoms with E-state index in [9.17, 15) is 0 Å². The van der Waals surface area contributed by atoms with Crippen LogP contribution >= 0.6 is 12.4 Å². The Labute approximate surface area is 130 Å². The maximum Gasteiger partial charge on any atom is 0.228 e. The quantitative estimate of drug-likeness (QED) is 0.907. The number of aromatic nitrogens is 4. The molecule has 3 heterocycles. The first kappa shape index (κ1) is 15.6. The van der Waals surface area contributed by atoms with Gasteiger partial charge in [-0.15, -0.1) is 12.4 Å². The zero-order valence-electron chi connectivity index (χ0n) is 11.9. The first-order chi connectivity index (χ1) is 9.81. The Bertz CT molecular complexity index is 571. The van der Waals surface area contributed by atoms with E-state index in [1.54, 1.807) is 18.5 Å². The van der Waals surface area contributed by atoms with Crippen LogP contribution in [0, 0.1) is 6.92 Å². The lowest BCUT2D eigenvalue weighted by Crippen LogP contribution is -2.28. The second-order valence-corrected chi connectivity index (χ2v) is 4.95. The zero-order chi connectivity index (χ0) is 13.8. The average molecular weight is 307 g/mol. The molecule has 0 aliphatic carbocycles. The van der Waals surface area contributed by atoms with Gasteiger partial charge in [0.15, 0.2) is 0 Å². The lowest BCUT2D eigenvalue weighted by Gasteiger charge is -2.22. The number of halogens is 1. The van der Waals surface area contributed by atoms with Gasteiger partial charge in [-0.05, 0) is 32.4 Å². The molecule has 2 N–H and O–H groups in total. The molecule has 7 heteroatoms. The molecule has 2 aromatic heterocycles. The summed E-state index contributed by atoms with van der Waals surface area (Å²) < 4.78 is 0. The molecular weight excluding hydrogens is 288 g/mol. The monoisotopic (exact) mass is 306 g/mol. The van der Waals surface area contributed by atoms with Crippen LogP contribution < -0.4 is 10.6 Å². The first-order valence-electron chi connectivity index (χ1n) is 6.94. The van der Waals surface area contributed by atoms with Gasteiger partial charge in [0.25, 0.3) is 0 Å². The third-order valence-corrected chi connectivity index (χ3v) is 3.30. The van der Waals surface area contributed by atoms with Crippen molar-refractivity contribution in [3.63, 3.8) is 0 Å². The molecule has 2 aromatic rings. The van der Waals surface area contributed by atoms with Crippen LogP contribution in [0.25, 0.3) is 0 Å². The number of piperidine rings is 1.